The zero-order valence-corrected chi connectivity index (χ0v) is 12.0. The molecule has 0 fully saturated rings. The van der Waals surface area contributed by atoms with E-state index >= 15 is 0 Å². The van der Waals surface area contributed by atoms with Crippen molar-refractivity contribution in [3.05, 3.63) is 29.6 Å². The molecule has 1 aromatic rings. The molecule has 1 aromatic carbocycles. The van der Waals surface area contributed by atoms with Crippen LogP contribution in [0.2, 0.25) is 0 Å². The van der Waals surface area contributed by atoms with E-state index in [4.69, 9.17) is 9.47 Å². The number of nitrogens with one attached hydrogen (secondary N) is 1. The van der Waals surface area contributed by atoms with Crippen molar-refractivity contribution in [1.29, 1.82) is 0 Å². The van der Waals surface area contributed by atoms with E-state index in [0.29, 0.717) is 12.4 Å². The maximum Gasteiger partial charge on any atom is 0.126 e. The Morgan fingerprint density at radius 1 is 1.26 bits per heavy atom. The normalized spacial score (nSPS) is 12.4. The van der Waals surface area contributed by atoms with Gasteiger partial charge in [-0.1, -0.05) is 13.0 Å². The van der Waals surface area contributed by atoms with E-state index in [2.05, 4.69) is 12.2 Å². The van der Waals surface area contributed by atoms with Gasteiger partial charge in [-0.25, -0.2) is 4.39 Å². The Morgan fingerprint density at radius 3 is 2.68 bits per heavy atom. The van der Waals surface area contributed by atoms with Crippen LogP contribution in [0.25, 0.3) is 0 Å². The van der Waals surface area contributed by atoms with Crippen molar-refractivity contribution < 1.29 is 13.9 Å². The van der Waals surface area contributed by atoms with Crippen LogP contribution in [0.15, 0.2) is 18.2 Å². The van der Waals surface area contributed by atoms with E-state index in [0.717, 1.165) is 31.6 Å². The van der Waals surface area contributed by atoms with Crippen LogP contribution in [-0.4, -0.2) is 26.9 Å². The minimum Gasteiger partial charge on any atom is -0.493 e. The number of halogens is 1. The molecule has 0 aromatic heterocycles. The van der Waals surface area contributed by atoms with Gasteiger partial charge >= 0.3 is 0 Å². The summed E-state index contributed by atoms with van der Waals surface area (Å²) < 4.78 is 24.0. The second kappa shape index (κ2) is 8.88. The molecule has 1 N–H and O–H groups in total. The molecule has 0 amide bonds. The van der Waals surface area contributed by atoms with E-state index in [1.807, 2.05) is 6.92 Å². The molecule has 0 aliphatic heterocycles. The highest BCUT2D eigenvalue weighted by molar-refractivity contribution is 5.36. The first-order chi connectivity index (χ1) is 9.19. The lowest BCUT2D eigenvalue weighted by atomic mass is 10.1. The van der Waals surface area contributed by atoms with Crippen LogP contribution < -0.4 is 10.1 Å². The van der Waals surface area contributed by atoms with Gasteiger partial charge in [0.2, 0.25) is 0 Å². The molecule has 0 saturated heterocycles. The molecule has 0 spiro atoms. The van der Waals surface area contributed by atoms with Gasteiger partial charge in [-0.2, -0.15) is 0 Å². The molecular weight excluding hydrogens is 245 g/mol. The standard InChI is InChI=1S/C15H24FNO2/c1-4-17-12(2)14-8-7-13(16)11-15(14)19-10-6-5-9-18-3/h7-8,11-12,17H,4-6,9-10H2,1-3H3. The summed E-state index contributed by atoms with van der Waals surface area (Å²) in [4.78, 5) is 0. The maximum absolute atomic E-state index is 13.3. The summed E-state index contributed by atoms with van der Waals surface area (Å²) in [5.74, 6) is 0.366. The minimum atomic E-state index is -0.265. The Balaban J connectivity index is 2.61. The maximum atomic E-state index is 13.3. The first-order valence-electron chi connectivity index (χ1n) is 6.83. The molecule has 0 aliphatic carbocycles. The minimum absolute atomic E-state index is 0.152. The lowest BCUT2D eigenvalue weighted by Gasteiger charge is -2.17. The number of benzene rings is 1. The van der Waals surface area contributed by atoms with Gasteiger partial charge in [0.05, 0.1) is 6.61 Å². The molecule has 0 bridgehead atoms. The molecule has 1 atom stereocenters. The number of ether oxygens (including phenoxy) is 2. The summed E-state index contributed by atoms with van der Waals surface area (Å²) in [6.45, 7) is 6.28. The van der Waals surface area contributed by atoms with Crippen molar-refractivity contribution in [2.45, 2.75) is 32.7 Å². The highest BCUT2D eigenvalue weighted by atomic mass is 19.1. The summed E-state index contributed by atoms with van der Waals surface area (Å²) in [5, 5.41) is 3.31. The highest BCUT2D eigenvalue weighted by Gasteiger charge is 2.11. The average molecular weight is 269 g/mol. The summed E-state index contributed by atoms with van der Waals surface area (Å²) in [6.07, 6.45) is 1.85. The van der Waals surface area contributed by atoms with Crippen molar-refractivity contribution in [2.75, 3.05) is 26.9 Å². The van der Waals surface area contributed by atoms with Crippen LogP contribution in [0, 0.1) is 5.82 Å². The van der Waals surface area contributed by atoms with Crippen molar-refractivity contribution in [3.8, 4) is 5.75 Å². The van der Waals surface area contributed by atoms with E-state index in [1.54, 1.807) is 13.2 Å². The van der Waals surface area contributed by atoms with Gasteiger partial charge < -0.3 is 14.8 Å². The number of methoxy groups -OCH3 is 1. The molecule has 3 nitrogen and oxygen atoms in total. The lowest BCUT2D eigenvalue weighted by Crippen LogP contribution is -2.18. The van der Waals surface area contributed by atoms with Crippen molar-refractivity contribution in [3.63, 3.8) is 0 Å². The quantitative estimate of drug-likeness (QED) is 0.698. The first-order valence-corrected chi connectivity index (χ1v) is 6.83. The monoisotopic (exact) mass is 269 g/mol. The van der Waals surface area contributed by atoms with Crippen molar-refractivity contribution in [2.24, 2.45) is 0 Å². The van der Waals surface area contributed by atoms with Gasteiger partial charge in [-0.15, -0.1) is 0 Å². The molecule has 0 saturated carbocycles. The van der Waals surface area contributed by atoms with Gasteiger partial charge in [-0.05, 0) is 32.4 Å². The highest BCUT2D eigenvalue weighted by Crippen LogP contribution is 2.26. The van der Waals surface area contributed by atoms with Crippen molar-refractivity contribution >= 4 is 0 Å². The first kappa shape index (κ1) is 15.9. The topological polar surface area (TPSA) is 30.5 Å². The number of hydrogen-bond donors (Lipinski definition) is 1. The Kier molecular flexibility index (Phi) is 7.45. The molecule has 108 valence electrons. The molecular formula is C15H24FNO2. The summed E-state index contributed by atoms with van der Waals surface area (Å²) in [5.41, 5.74) is 0.995. The molecule has 1 unspecified atom stereocenters. The van der Waals surface area contributed by atoms with E-state index in [9.17, 15) is 4.39 Å². The Hall–Kier alpha value is -1.13. The SMILES string of the molecule is CCNC(C)c1ccc(F)cc1OCCCCOC. The van der Waals surface area contributed by atoms with Gasteiger partial charge in [0.1, 0.15) is 11.6 Å². The zero-order chi connectivity index (χ0) is 14.1. The molecule has 1 rings (SSSR count). The fourth-order valence-electron chi connectivity index (χ4n) is 1.94. The molecule has 4 heteroatoms. The summed E-state index contributed by atoms with van der Waals surface area (Å²) in [6, 6.07) is 4.87. The van der Waals surface area contributed by atoms with Gasteiger partial charge in [0.25, 0.3) is 0 Å². The molecule has 0 heterocycles. The summed E-state index contributed by atoms with van der Waals surface area (Å²) in [7, 11) is 1.68. The molecule has 0 radical (unpaired) electrons. The zero-order valence-electron chi connectivity index (χ0n) is 12.0. The molecule has 0 aliphatic rings. The van der Waals surface area contributed by atoms with E-state index in [1.165, 1.54) is 12.1 Å². The molecule has 19 heavy (non-hydrogen) atoms. The third-order valence-corrected chi connectivity index (χ3v) is 2.95. The average Bonchev–Trinajstić information content (AvgIpc) is 2.39. The fraction of sp³-hybridized carbons (Fsp3) is 0.600. The third kappa shape index (κ3) is 5.57. The van der Waals surface area contributed by atoms with Crippen LogP contribution in [-0.2, 0) is 4.74 Å². The van der Waals surface area contributed by atoms with Gasteiger partial charge in [0, 0.05) is 31.4 Å². The second-order valence-electron chi connectivity index (χ2n) is 4.51. The van der Waals surface area contributed by atoms with Crippen LogP contribution in [0.5, 0.6) is 5.75 Å². The Morgan fingerprint density at radius 2 is 2.00 bits per heavy atom. The van der Waals surface area contributed by atoms with Crippen molar-refractivity contribution in [1.82, 2.24) is 5.32 Å². The van der Waals surface area contributed by atoms with E-state index in [-0.39, 0.29) is 11.9 Å². The predicted molar refractivity (Wildman–Crippen MR) is 75.1 cm³/mol. The Labute approximate surface area is 115 Å². The van der Waals surface area contributed by atoms with Crippen LogP contribution in [0.1, 0.15) is 38.3 Å². The van der Waals surface area contributed by atoms with Crippen LogP contribution in [0.3, 0.4) is 0 Å². The number of unbranched alkanes of at least 4 members (excludes halogenated alkanes) is 1. The van der Waals surface area contributed by atoms with Gasteiger partial charge in [0.15, 0.2) is 0 Å². The number of rotatable bonds is 9. The summed E-state index contributed by atoms with van der Waals surface area (Å²) >= 11 is 0. The Bertz CT molecular complexity index is 371. The van der Waals surface area contributed by atoms with Crippen LogP contribution in [0.4, 0.5) is 4.39 Å². The second-order valence-corrected chi connectivity index (χ2v) is 4.51. The smallest absolute Gasteiger partial charge is 0.126 e. The largest absolute Gasteiger partial charge is 0.493 e. The lowest BCUT2D eigenvalue weighted by molar-refractivity contribution is 0.183. The third-order valence-electron chi connectivity index (χ3n) is 2.95. The van der Waals surface area contributed by atoms with Crippen LogP contribution >= 0.6 is 0 Å². The number of hydrogen-bond acceptors (Lipinski definition) is 3. The van der Waals surface area contributed by atoms with E-state index < -0.39 is 0 Å². The van der Waals surface area contributed by atoms with Gasteiger partial charge in [-0.3, -0.25) is 0 Å². The predicted octanol–water partition coefficient (Wildman–Crippen LogP) is 3.30. The fourth-order valence-corrected chi connectivity index (χ4v) is 1.94.